The quantitative estimate of drug-likeness (QED) is 0.670. The van der Waals surface area contributed by atoms with Crippen LogP contribution >= 0.6 is 0 Å². The van der Waals surface area contributed by atoms with Crippen LogP contribution in [0.4, 0.5) is 24.5 Å². The van der Waals surface area contributed by atoms with Crippen LogP contribution in [0.5, 0.6) is 0 Å². The smallest absolute Gasteiger partial charge is 0.279 e. The van der Waals surface area contributed by atoms with Gasteiger partial charge in [0.2, 0.25) is 0 Å². The SMILES string of the molecule is Cc1cccc(NC(=O)C[NH+](C)CC(=O)Nc2ccc(F)c(F)c2F)c1C. The van der Waals surface area contributed by atoms with Crippen LogP contribution in [0, 0.1) is 31.3 Å². The zero-order valence-electron chi connectivity index (χ0n) is 15.3. The Morgan fingerprint density at radius 2 is 1.48 bits per heavy atom. The van der Waals surface area contributed by atoms with E-state index in [1.165, 1.54) is 0 Å². The van der Waals surface area contributed by atoms with E-state index in [9.17, 15) is 22.8 Å². The molecule has 2 rings (SSSR count). The van der Waals surface area contributed by atoms with Crippen molar-refractivity contribution in [3.8, 4) is 0 Å². The van der Waals surface area contributed by atoms with Gasteiger partial charge in [-0.1, -0.05) is 12.1 Å². The molecule has 0 aromatic heterocycles. The van der Waals surface area contributed by atoms with Crippen molar-refractivity contribution in [2.24, 2.45) is 0 Å². The molecule has 0 heterocycles. The molecule has 2 aromatic rings. The number of rotatable bonds is 6. The van der Waals surface area contributed by atoms with Crippen molar-refractivity contribution in [3.05, 3.63) is 58.9 Å². The number of nitrogens with one attached hydrogen (secondary N) is 3. The fourth-order valence-electron chi connectivity index (χ4n) is 2.51. The first kappa shape index (κ1) is 20.4. The van der Waals surface area contributed by atoms with Gasteiger partial charge in [-0.15, -0.1) is 0 Å². The zero-order valence-corrected chi connectivity index (χ0v) is 15.3. The predicted octanol–water partition coefficient (Wildman–Crippen LogP) is 1.81. The molecule has 5 nitrogen and oxygen atoms in total. The molecule has 8 heteroatoms. The van der Waals surface area contributed by atoms with Crippen molar-refractivity contribution in [3.63, 3.8) is 0 Å². The Morgan fingerprint density at radius 3 is 2.11 bits per heavy atom. The van der Waals surface area contributed by atoms with Crippen LogP contribution in [0.1, 0.15) is 11.1 Å². The monoisotopic (exact) mass is 380 g/mol. The van der Waals surface area contributed by atoms with Gasteiger partial charge >= 0.3 is 0 Å². The Bertz CT molecular complexity index is 872. The summed E-state index contributed by atoms with van der Waals surface area (Å²) in [4.78, 5) is 24.7. The minimum absolute atomic E-state index is 0.00105. The van der Waals surface area contributed by atoms with Crippen LogP contribution in [0.3, 0.4) is 0 Å². The second-order valence-electron chi connectivity index (χ2n) is 6.38. The van der Waals surface area contributed by atoms with Crippen LogP contribution in [0.2, 0.25) is 0 Å². The molecule has 144 valence electrons. The highest BCUT2D eigenvalue weighted by Crippen LogP contribution is 2.19. The maximum Gasteiger partial charge on any atom is 0.279 e. The summed E-state index contributed by atoms with van der Waals surface area (Å²) in [6.45, 7) is 3.68. The number of aryl methyl sites for hydroxylation is 1. The summed E-state index contributed by atoms with van der Waals surface area (Å²) < 4.78 is 39.7. The van der Waals surface area contributed by atoms with Gasteiger partial charge in [0, 0.05) is 5.69 Å². The highest BCUT2D eigenvalue weighted by Gasteiger charge is 2.18. The topological polar surface area (TPSA) is 62.6 Å². The van der Waals surface area contributed by atoms with Crippen LogP contribution in [-0.2, 0) is 9.59 Å². The van der Waals surface area contributed by atoms with Crippen molar-refractivity contribution in [1.82, 2.24) is 0 Å². The number of carbonyl (C=O) groups is 2. The Balaban J connectivity index is 1.90. The lowest BCUT2D eigenvalue weighted by Crippen LogP contribution is -3.11. The molecule has 0 aliphatic carbocycles. The zero-order chi connectivity index (χ0) is 20.1. The summed E-state index contributed by atoms with van der Waals surface area (Å²) in [5.74, 6) is -5.36. The molecule has 0 spiro atoms. The average Bonchev–Trinajstić information content (AvgIpc) is 2.59. The molecule has 0 aliphatic rings. The third kappa shape index (κ3) is 5.30. The first-order valence-electron chi connectivity index (χ1n) is 8.29. The molecule has 0 fully saturated rings. The third-order valence-corrected chi connectivity index (χ3v) is 4.11. The summed E-state index contributed by atoms with van der Waals surface area (Å²) in [6.07, 6.45) is 0. The normalized spacial score (nSPS) is 11.8. The van der Waals surface area contributed by atoms with E-state index in [0.717, 1.165) is 23.3 Å². The maximum absolute atomic E-state index is 13.6. The highest BCUT2D eigenvalue weighted by molar-refractivity contribution is 5.93. The molecule has 0 aliphatic heterocycles. The number of likely N-dealkylation sites (N-methyl/N-ethyl adjacent to an activating group) is 1. The molecular weight excluding hydrogens is 359 g/mol. The fourth-order valence-corrected chi connectivity index (χ4v) is 2.51. The molecule has 2 amide bonds. The number of anilines is 2. The van der Waals surface area contributed by atoms with E-state index < -0.39 is 29.0 Å². The summed E-state index contributed by atoms with van der Waals surface area (Å²) in [5, 5.41) is 4.96. The standard InChI is InChI=1S/C19H20F3N3O2/c1-11-5-4-6-14(12(11)2)23-16(26)9-25(3)10-17(27)24-15-8-7-13(20)18(21)19(15)22/h4-8H,9-10H2,1-3H3,(H,23,26)(H,24,27)/p+1. The van der Waals surface area contributed by atoms with Gasteiger partial charge in [0.15, 0.2) is 30.5 Å². The molecule has 2 aromatic carbocycles. The van der Waals surface area contributed by atoms with Crippen molar-refractivity contribution in [2.45, 2.75) is 13.8 Å². The maximum atomic E-state index is 13.6. The number of hydrogen-bond acceptors (Lipinski definition) is 2. The number of quaternary nitrogens is 1. The van der Waals surface area contributed by atoms with E-state index in [2.05, 4.69) is 10.6 Å². The molecule has 0 bridgehead atoms. The summed E-state index contributed by atoms with van der Waals surface area (Å²) in [6, 6.07) is 7.22. The summed E-state index contributed by atoms with van der Waals surface area (Å²) in [5.41, 5.74) is 2.24. The van der Waals surface area contributed by atoms with Gasteiger partial charge in [0.1, 0.15) is 0 Å². The van der Waals surface area contributed by atoms with E-state index in [1.54, 1.807) is 13.1 Å². The number of halogens is 3. The second-order valence-corrected chi connectivity index (χ2v) is 6.38. The van der Waals surface area contributed by atoms with Crippen molar-refractivity contribution in [2.75, 3.05) is 30.8 Å². The van der Waals surface area contributed by atoms with Crippen LogP contribution < -0.4 is 15.5 Å². The molecule has 0 saturated heterocycles. The number of benzene rings is 2. The fraction of sp³-hybridized carbons (Fsp3) is 0.263. The minimum Gasteiger partial charge on any atom is -0.322 e. The number of hydrogen-bond donors (Lipinski definition) is 3. The summed E-state index contributed by atoms with van der Waals surface area (Å²) >= 11 is 0. The average molecular weight is 380 g/mol. The Labute approximate surface area is 155 Å². The van der Waals surface area contributed by atoms with E-state index in [-0.39, 0.29) is 19.0 Å². The first-order chi connectivity index (χ1) is 12.7. The van der Waals surface area contributed by atoms with Gasteiger partial charge in [-0.05, 0) is 43.2 Å². The van der Waals surface area contributed by atoms with E-state index in [4.69, 9.17) is 0 Å². The molecule has 0 saturated carbocycles. The number of amides is 2. The second kappa shape index (κ2) is 8.68. The van der Waals surface area contributed by atoms with E-state index >= 15 is 0 Å². The minimum atomic E-state index is -1.65. The van der Waals surface area contributed by atoms with Gasteiger partial charge in [0.05, 0.1) is 12.7 Å². The highest BCUT2D eigenvalue weighted by atomic mass is 19.2. The van der Waals surface area contributed by atoms with Gasteiger partial charge in [0.25, 0.3) is 11.8 Å². The molecule has 1 atom stereocenters. The molecule has 3 N–H and O–H groups in total. The number of carbonyl (C=O) groups excluding carboxylic acids is 2. The molecule has 27 heavy (non-hydrogen) atoms. The van der Waals surface area contributed by atoms with Crippen LogP contribution in [0.25, 0.3) is 0 Å². The lowest BCUT2D eigenvalue weighted by atomic mass is 10.1. The predicted molar refractivity (Wildman–Crippen MR) is 96.1 cm³/mol. The third-order valence-electron chi connectivity index (χ3n) is 4.11. The van der Waals surface area contributed by atoms with E-state index in [1.807, 2.05) is 26.0 Å². The van der Waals surface area contributed by atoms with E-state index in [0.29, 0.717) is 10.6 Å². The van der Waals surface area contributed by atoms with Gasteiger partial charge < -0.3 is 15.5 Å². The Morgan fingerprint density at radius 1 is 0.889 bits per heavy atom. The van der Waals surface area contributed by atoms with Crippen molar-refractivity contribution < 1.29 is 27.7 Å². The molecular formula is C19H21F3N3O2+. The first-order valence-corrected chi connectivity index (χ1v) is 8.29. The van der Waals surface area contributed by atoms with Crippen molar-refractivity contribution >= 4 is 23.2 Å². The Kier molecular flexibility index (Phi) is 6.57. The van der Waals surface area contributed by atoms with Crippen LogP contribution in [0.15, 0.2) is 30.3 Å². The Hall–Kier alpha value is -2.87. The lowest BCUT2D eigenvalue weighted by Gasteiger charge is -2.15. The van der Waals surface area contributed by atoms with Crippen LogP contribution in [-0.4, -0.2) is 32.0 Å². The van der Waals surface area contributed by atoms with Crippen molar-refractivity contribution in [1.29, 1.82) is 0 Å². The van der Waals surface area contributed by atoms with Gasteiger partial charge in [-0.3, -0.25) is 9.59 Å². The molecule has 1 unspecified atom stereocenters. The largest absolute Gasteiger partial charge is 0.322 e. The lowest BCUT2D eigenvalue weighted by molar-refractivity contribution is -0.862. The van der Waals surface area contributed by atoms with Gasteiger partial charge in [-0.2, -0.15) is 0 Å². The molecule has 0 radical (unpaired) electrons. The van der Waals surface area contributed by atoms with Gasteiger partial charge in [-0.25, -0.2) is 13.2 Å². The summed E-state index contributed by atoms with van der Waals surface area (Å²) in [7, 11) is 1.61.